The van der Waals surface area contributed by atoms with Crippen molar-refractivity contribution >= 4 is 11.8 Å². The van der Waals surface area contributed by atoms with Crippen molar-refractivity contribution in [3.05, 3.63) is 29.3 Å². The Balaban J connectivity index is 2.73. The van der Waals surface area contributed by atoms with Crippen LogP contribution < -0.4 is 5.32 Å². The normalized spacial score (nSPS) is 22.4. The Hall–Kier alpha value is -1.65. The van der Waals surface area contributed by atoms with Gasteiger partial charge in [0.05, 0.1) is 11.3 Å². The van der Waals surface area contributed by atoms with Crippen LogP contribution in [0.4, 0.5) is 19.3 Å². The maximum Gasteiger partial charge on any atom is 0.412 e. The highest BCUT2D eigenvalue weighted by Gasteiger charge is 2.46. The number of fused-ring (bicyclic) bond motifs is 1. The molecule has 0 fully saturated rings. The van der Waals surface area contributed by atoms with Crippen molar-refractivity contribution in [3.63, 3.8) is 0 Å². The number of carbonyl (C=O) groups is 1. The number of rotatable bonds is 2. The maximum atomic E-state index is 14.0. The van der Waals surface area contributed by atoms with Crippen LogP contribution in [0.5, 0.6) is 0 Å². The molecule has 18 heavy (non-hydrogen) atoms. The summed E-state index contributed by atoms with van der Waals surface area (Å²) in [6.45, 7) is 5.42. The number of halogens is 2. The largest absolute Gasteiger partial charge is 0.437 e. The lowest BCUT2D eigenvalue weighted by Crippen LogP contribution is -2.44. The average Bonchev–Trinajstić information content (AvgIpc) is 2.32. The summed E-state index contributed by atoms with van der Waals surface area (Å²) < 4.78 is 32.7. The van der Waals surface area contributed by atoms with Gasteiger partial charge in [0, 0.05) is 0 Å². The molecule has 1 aliphatic rings. The SMILES string of the molecule is CCC1(C(C)C)OC(=O)Nc2ccc(F)c(F)c21. The molecule has 1 unspecified atom stereocenters. The molecule has 5 heteroatoms. The highest BCUT2D eigenvalue weighted by atomic mass is 19.2. The Morgan fingerprint density at radius 1 is 1.39 bits per heavy atom. The summed E-state index contributed by atoms with van der Waals surface area (Å²) >= 11 is 0. The Morgan fingerprint density at radius 3 is 2.61 bits per heavy atom. The van der Waals surface area contributed by atoms with E-state index in [4.69, 9.17) is 4.74 Å². The van der Waals surface area contributed by atoms with Crippen LogP contribution in [-0.2, 0) is 10.3 Å². The molecule has 1 aromatic rings. The summed E-state index contributed by atoms with van der Waals surface area (Å²) in [5, 5.41) is 2.40. The number of cyclic esters (lactones) is 1. The molecular formula is C13H15F2NO2. The van der Waals surface area contributed by atoms with Crippen LogP contribution in [0.25, 0.3) is 0 Å². The number of carbonyl (C=O) groups excluding carboxylic acids is 1. The van der Waals surface area contributed by atoms with E-state index in [1.807, 2.05) is 13.8 Å². The lowest BCUT2D eigenvalue weighted by Gasteiger charge is -2.41. The van der Waals surface area contributed by atoms with E-state index in [1.165, 1.54) is 6.07 Å². The zero-order valence-corrected chi connectivity index (χ0v) is 10.5. The average molecular weight is 255 g/mol. The van der Waals surface area contributed by atoms with Crippen LogP contribution >= 0.6 is 0 Å². The van der Waals surface area contributed by atoms with Gasteiger partial charge in [-0.25, -0.2) is 13.6 Å². The summed E-state index contributed by atoms with van der Waals surface area (Å²) in [6, 6.07) is 2.36. The van der Waals surface area contributed by atoms with Crippen LogP contribution in [0.15, 0.2) is 12.1 Å². The van der Waals surface area contributed by atoms with Gasteiger partial charge in [-0.1, -0.05) is 20.8 Å². The van der Waals surface area contributed by atoms with Crippen LogP contribution in [0.2, 0.25) is 0 Å². The summed E-state index contributed by atoms with van der Waals surface area (Å²) in [4.78, 5) is 11.6. The number of benzene rings is 1. The first-order valence-electron chi connectivity index (χ1n) is 5.91. The van der Waals surface area contributed by atoms with Gasteiger partial charge in [-0.3, -0.25) is 5.32 Å². The van der Waals surface area contributed by atoms with E-state index in [0.717, 1.165) is 6.07 Å². The van der Waals surface area contributed by atoms with Gasteiger partial charge in [-0.2, -0.15) is 0 Å². The molecule has 1 heterocycles. The number of ether oxygens (including phenoxy) is 1. The fourth-order valence-electron chi connectivity index (χ4n) is 2.48. The molecule has 1 N–H and O–H groups in total. The summed E-state index contributed by atoms with van der Waals surface area (Å²) in [7, 11) is 0. The van der Waals surface area contributed by atoms with Crippen molar-refractivity contribution in [2.75, 3.05) is 5.32 Å². The summed E-state index contributed by atoms with van der Waals surface area (Å²) in [6.07, 6.45) is -0.255. The van der Waals surface area contributed by atoms with Gasteiger partial charge in [0.15, 0.2) is 11.6 Å². The monoisotopic (exact) mass is 255 g/mol. The summed E-state index contributed by atoms with van der Waals surface area (Å²) in [5.41, 5.74) is -0.746. The molecule has 0 aliphatic carbocycles. The second kappa shape index (κ2) is 4.23. The first-order chi connectivity index (χ1) is 8.42. The van der Waals surface area contributed by atoms with Gasteiger partial charge in [0.1, 0.15) is 5.60 Å². The van der Waals surface area contributed by atoms with E-state index in [1.54, 1.807) is 6.92 Å². The van der Waals surface area contributed by atoms with E-state index >= 15 is 0 Å². The minimum absolute atomic E-state index is 0.0969. The van der Waals surface area contributed by atoms with Gasteiger partial charge in [-0.15, -0.1) is 0 Å². The molecule has 0 saturated carbocycles. The molecule has 0 saturated heterocycles. The molecule has 2 rings (SSSR count). The van der Waals surface area contributed by atoms with Crippen LogP contribution in [0.3, 0.4) is 0 Å². The lowest BCUT2D eigenvalue weighted by atomic mass is 9.79. The molecule has 1 amide bonds. The minimum Gasteiger partial charge on any atom is -0.437 e. The fraction of sp³-hybridized carbons (Fsp3) is 0.462. The molecule has 0 aromatic heterocycles. The molecule has 3 nitrogen and oxygen atoms in total. The highest BCUT2D eigenvalue weighted by molar-refractivity contribution is 5.89. The first kappa shape index (κ1) is 12.8. The van der Waals surface area contributed by atoms with E-state index < -0.39 is 23.3 Å². The Labute approximate surface area is 104 Å². The number of nitrogens with one attached hydrogen (secondary N) is 1. The molecule has 0 bridgehead atoms. The maximum absolute atomic E-state index is 14.0. The lowest BCUT2D eigenvalue weighted by molar-refractivity contribution is -0.0325. The topological polar surface area (TPSA) is 38.3 Å². The van der Waals surface area contributed by atoms with Crippen LogP contribution in [0.1, 0.15) is 32.8 Å². The molecule has 1 aromatic carbocycles. The third-order valence-corrected chi connectivity index (χ3v) is 3.49. The van der Waals surface area contributed by atoms with Crippen molar-refractivity contribution in [3.8, 4) is 0 Å². The second-order valence-electron chi connectivity index (χ2n) is 4.70. The van der Waals surface area contributed by atoms with Crippen molar-refractivity contribution in [1.82, 2.24) is 0 Å². The standard InChI is InChI=1S/C13H15F2NO2/c1-4-13(7(2)3)10-9(16-12(17)18-13)6-5-8(14)11(10)15/h5-7H,4H2,1-3H3,(H,16,17). The molecule has 1 atom stereocenters. The van der Waals surface area contributed by atoms with E-state index in [0.29, 0.717) is 6.42 Å². The molecular weight excluding hydrogens is 240 g/mol. The van der Waals surface area contributed by atoms with E-state index in [2.05, 4.69) is 5.32 Å². The quantitative estimate of drug-likeness (QED) is 0.873. The molecule has 98 valence electrons. The number of hydrogen-bond donors (Lipinski definition) is 1. The molecule has 0 radical (unpaired) electrons. The van der Waals surface area contributed by atoms with Gasteiger partial charge >= 0.3 is 6.09 Å². The Bertz CT molecular complexity index is 502. The van der Waals surface area contributed by atoms with E-state index in [9.17, 15) is 13.6 Å². The Morgan fingerprint density at radius 2 is 2.06 bits per heavy atom. The van der Waals surface area contributed by atoms with Gasteiger partial charge < -0.3 is 4.74 Å². The second-order valence-corrected chi connectivity index (χ2v) is 4.70. The zero-order chi connectivity index (χ0) is 13.5. The number of amides is 1. The van der Waals surface area contributed by atoms with Gasteiger partial charge in [-0.05, 0) is 24.5 Å². The van der Waals surface area contributed by atoms with Crippen molar-refractivity contribution in [1.29, 1.82) is 0 Å². The number of hydrogen-bond acceptors (Lipinski definition) is 2. The highest BCUT2D eigenvalue weighted by Crippen LogP contribution is 2.45. The van der Waals surface area contributed by atoms with E-state index in [-0.39, 0.29) is 17.2 Å². The van der Waals surface area contributed by atoms with Crippen molar-refractivity contribution in [2.24, 2.45) is 5.92 Å². The predicted octanol–water partition coefficient (Wildman–Crippen LogP) is 3.79. The minimum atomic E-state index is -1.12. The van der Waals surface area contributed by atoms with Crippen molar-refractivity contribution < 1.29 is 18.3 Å². The zero-order valence-electron chi connectivity index (χ0n) is 10.5. The smallest absolute Gasteiger partial charge is 0.412 e. The predicted molar refractivity (Wildman–Crippen MR) is 63.3 cm³/mol. The fourth-order valence-corrected chi connectivity index (χ4v) is 2.48. The third kappa shape index (κ3) is 1.65. The summed E-state index contributed by atoms with van der Waals surface area (Å²) in [5.74, 6) is -2.06. The van der Waals surface area contributed by atoms with Gasteiger partial charge in [0.2, 0.25) is 0 Å². The van der Waals surface area contributed by atoms with Crippen LogP contribution in [-0.4, -0.2) is 6.09 Å². The number of anilines is 1. The van der Waals surface area contributed by atoms with Gasteiger partial charge in [0.25, 0.3) is 0 Å². The molecule has 1 aliphatic heterocycles. The van der Waals surface area contributed by atoms with Crippen molar-refractivity contribution in [2.45, 2.75) is 32.8 Å². The van der Waals surface area contributed by atoms with Crippen LogP contribution in [0, 0.1) is 17.6 Å². The molecule has 0 spiro atoms. The first-order valence-corrected chi connectivity index (χ1v) is 5.91. The Kier molecular flexibility index (Phi) is 3.00. The third-order valence-electron chi connectivity index (χ3n) is 3.49.